The molecule has 2 aromatic rings. The van der Waals surface area contributed by atoms with Crippen molar-refractivity contribution in [2.24, 2.45) is 0 Å². The van der Waals surface area contributed by atoms with Crippen LogP contribution in [0.25, 0.3) is 11.1 Å². The van der Waals surface area contributed by atoms with Crippen LogP contribution in [0.4, 0.5) is 5.88 Å². The molecule has 7 heteroatoms. The smallest absolute Gasteiger partial charge is 0.229 e. The molecule has 0 unspecified atom stereocenters. The molecule has 0 saturated heterocycles. The Morgan fingerprint density at radius 1 is 1.33 bits per heavy atom. The summed E-state index contributed by atoms with van der Waals surface area (Å²) in [5.74, 6) is 0.177. The molecule has 0 atom stereocenters. The number of thioether (sulfide) groups is 1. The van der Waals surface area contributed by atoms with E-state index in [4.69, 9.17) is 10.3 Å². The monoisotopic (exact) mass is 284 g/mol. The highest BCUT2D eigenvalue weighted by Gasteiger charge is 2.19. The summed E-state index contributed by atoms with van der Waals surface area (Å²) in [5, 5.41) is 3.61. The van der Waals surface area contributed by atoms with Gasteiger partial charge in [-0.25, -0.2) is 8.42 Å². The first-order valence-corrected chi connectivity index (χ1v) is 8.14. The van der Waals surface area contributed by atoms with Crippen molar-refractivity contribution in [3.05, 3.63) is 24.4 Å². The average Bonchev–Trinajstić information content (AvgIpc) is 2.73. The van der Waals surface area contributed by atoms with Gasteiger partial charge >= 0.3 is 0 Å². The van der Waals surface area contributed by atoms with Gasteiger partial charge in [0.15, 0.2) is 9.84 Å². The number of benzene rings is 1. The first kappa shape index (κ1) is 13.0. The Labute approximate surface area is 109 Å². The Balaban J connectivity index is 2.74. The van der Waals surface area contributed by atoms with Crippen molar-refractivity contribution in [3.8, 4) is 11.1 Å². The number of hydrogen-bond donors (Lipinski definition) is 1. The van der Waals surface area contributed by atoms with Crippen LogP contribution in [0, 0.1) is 0 Å². The maximum Gasteiger partial charge on any atom is 0.229 e. The second-order valence-electron chi connectivity index (χ2n) is 3.71. The zero-order valence-electron chi connectivity index (χ0n) is 9.88. The van der Waals surface area contributed by atoms with E-state index >= 15 is 0 Å². The summed E-state index contributed by atoms with van der Waals surface area (Å²) in [5.41, 5.74) is 6.98. The minimum absolute atomic E-state index is 0.177. The van der Waals surface area contributed by atoms with Crippen molar-refractivity contribution in [1.82, 2.24) is 5.16 Å². The van der Waals surface area contributed by atoms with Crippen LogP contribution in [-0.4, -0.2) is 26.1 Å². The summed E-state index contributed by atoms with van der Waals surface area (Å²) in [4.78, 5) is 0.933. The molecule has 1 heterocycles. The SMILES string of the molecule is CSc1c(-c2cnoc2N)cccc1S(C)(=O)=O. The molecule has 96 valence electrons. The highest BCUT2D eigenvalue weighted by Crippen LogP contribution is 2.37. The molecule has 0 aliphatic heterocycles. The molecule has 0 radical (unpaired) electrons. The minimum atomic E-state index is -3.28. The van der Waals surface area contributed by atoms with Gasteiger partial charge in [0.2, 0.25) is 5.88 Å². The number of sulfone groups is 1. The van der Waals surface area contributed by atoms with Gasteiger partial charge < -0.3 is 10.3 Å². The lowest BCUT2D eigenvalue weighted by molar-refractivity contribution is 0.436. The maximum atomic E-state index is 11.7. The standard InChI is InChI=1S/C11H12N2O3S2/c1-17-10-7(8-6-13-16-11(8)12)4-3-5-9(10)18(2,14)15/h3-6H,12H2,1-2H3. The third kappa shape index (κ3) is 2.23. The molecule has 0 fully saturated rings. The highest BCUT2D eigenvalue weighted by molar-refractivity contribution is 7.99. The first-order chi connectivity index (χ1) is 8.45. The largest absolute Gasteiger partial charge is 0.367 e. The number of aromatic nitrogens is 1. The minimum Gasteiger partial charge on any atom is -0.367 e. The quantitative estimate of drug-likeness (QED) is 0.868. The molecule has 0 bridgehead atoms. The molecule has 0 spiro atoms. The molecular weight excluding hydrogens is 272 g/mol. The number of anilines is 1. The maximum absolute atomic E-state index is 11.7. The predicted octanol–water partition coefficient (Wildman–Crippen LogP) is 2.05. The van der Waals surface area contributed by atoms with Crippen LogP contribution >= 0.6 is 11.8 Å². The second-order valence-corrected chi connectivity index (χ2v) is 6.51. The van der Waals surface area contributed by atoms with Gasteiger partial charge in [-0.15, -0.1) is 11.8 Å². The Morgan fingerprint density at radius 2 is 2.06 bits per heavy atom. The van der Waals surface area contributed by atoms with Gasteiger partial charge in [-0.1, -0.05) is 17.3 Å². The molecule has 1 aromatic heterocycles. The van der Waals surface area contributed by atoms with E-state index in [1.165, 1.54) is 24.2 Å². The Bertz CT molecular complexity index is 677. The van der Waals surface area contributed by atoms with Gasteiger partial charge in [0.25, 0.3) is 0 Å². The molecule has 18 heavy (non-hydrogen) atoms. The van der Waals surface area contributed by atoms with Crippen molar-refractivity contribution in [1.29, 1.82) is 0 Å². The third-order valence-electron chi connectivity index (χ3n) is 2.47. The van der Waals surface area contributed by atoms with Crippen LogP contribution in [0.3, 0.4) is 0 Å². The summed E-state index contributed by atoms with van der Waals surface area (Å²) in [7, 11) is -3.28. The number of hydrogen-bond acceptors (Lipinski definition) is 6. The van der Waals surface area contributed by atoms with E-state index in [9.17, 15) is 8.42 Å². The van der Waals surface area contributed by atoms with Gasteiger partial charge in [0, 0.05) is 16.7 Å². The Morgan fingerprint density at radius 3 is 2.56 bits per heavy atom. The molecule has 2 rings (SSSR count). The molecule has 2 N–H and O–H groups in total. The van der Waals surface area contributed by atoms with Crippen LogP contribution in [0.5, 0.6) is 0 Å². The topological polar surface area (TPSA) is 86.2 Å². The lowest BCUT2D eigenvalue weighted by Crippen LogP contribution is -2.00. The molecule has 5 nitrogen and oxygen atoms in total. The zero-order chi connectivity index (χ0) is 13.3. The number of nitrogens with zero attached hydrogens (tertiary/aromatic N) is 1. The van der Waals surface area contributed by atoms with Crippen LogP contribution in [0.15, 0.2) is 38.7 Å². The summed E-state index contributed by atoms with van der Waals surface area (Å²) >= 11 is 1.35. The number of rotatable bonds is 3. The van der Waals surface area contributed by atoms with Crippen LogP contribution in [-0.2, 0) is 9.84 Å². The molecule has 0 saturated carbocycles. The van der Waals surface area contributed by atoms with E-state index in [1.807, 2.05) is 6.26 Å². The van der Waals surface area contributed by atoms with Crippen molar-refractivity contribution >= 4 is 27.5 Å². The number of nitrogen functional groups attached to an aromatic ring is 1. The molecule has 0 aliphatic rings. The second kappa shape index (κ2) is 4.66. The van der Waals surface area contributed by atoms with Gasteiger partial charge in [-0.05, 0) is 12.3 Å². The van der Waals surface area contributed by atoms with E-state index in [-0.39, 0.29) is 10.8 Å². The molecular formula is C11H12N2O3S2. The molecule has 0 amide bonds. The van der Waals surface area contributed by atoms with Gasteiger partial charge in [0.1, 0.15) is 0 Å². The van der Waals surface area contributed by atoms with Crippen molar-refractivity contribution < 1.29 is 12.9 Å². The Hall–Kier alpha value is -1.47. The summed E-state index contributed by atoms with van der Waals surface area (Å²) in [6.45, 7) is 0. The van der Waals surface area contributed by atoms with Gasteiger partial charge in [0.05, 0.1) is 16.7 Å². The van der Waals surface area contributed by atoms with E-state index < -0.39 is 9.84 Å². The fourth-order valence-electron chi connectivity index (χ4n) is 1.68. The van der Waals surface area contributed by atoms with Crippen LogP contribution in [0.2, 0.25) is 0 Å². The summed E-state index contributed by atoms with van der Waals surface area (Å²) in [6, 6.07) is 5.05. The Kier molecular flexibility index (Phi) is 3.36. The average molecular weight is 284 g/mol. The molecule has 0 aliphatic carbocycles. The van der Waals surface area contributed by atoms with Crippen molar-refractivity contribution in [2.75, 3.05) is 18.2 Å². The fraction of sp³-hybridized carbons (Fsp3) is 0.182. The lowest BCUT2D eigenvalue weighted by Gasteiger charge is -2.10. The highest BCUT2D eigenvalue weighted by atomic mass is 32.2. The van der Waals surface area contributed by atoms with E-state index in [0.717, 1.165) is 0 Å². The van der Waals surface area contributed by atoms with Gasteiger partial charge in [-0.3, -0.25) is 0 Å². The fourth-order valence-corrected chi connectivity index (χ4v) is 3.83. The summed E-state index contributed by atoms with van der Waals surface area (Å²) in [6.07, 6.45) is 4.48. The van der Waals surface area contributed by atoms with E-state index in [1.54, 1.807) is 18.2 Å². The van der Waals surface area contributed by atoms with Crippen molar-refractivity contribution in [3.63, 3.8) is 0 Å². The lowest BCUT2D eigenvalue weighted by atomic mass is 10.1. The third-order valence-corrected chi connectivity index (χ3v) is 4.59. The van der Waals surface area contributed by atoms with Crippen molar-refractivity contribution in [2.45, 2.75) is 9.79 Å². The van der Waals surface area contributed by atoms with Crippen LogP contribution < -0.4 is 5.73 Å². The predicted molar refractivity (Wildman–Crippen MR) is 71.2 cm³/mol. The van der Waals surface area contributed by atoms with Crippen LogP contribution in [0.1, 0.15) is 0 Å². The zero-order valence-corrected chi connectivity index (χ0v) is 11.5. The molecule has 1 aromatic carbocycles. The van der Waals surface area contributed by atoms with E-state index in [2.05, 4.69) is 5.16 Å². The first-order valence-electron chi connectivity index (χ1n) is 5.02. The summed E-state index contributed by atoms with van der Waals surface area (Å²) < 4.78 is 28.3. The number of nitrogens with two attached hydrogens (primary N) is 1. The van der Waals surface area contributed by atoms with Gasteiger partial charge in [-0.2, -0.15) is 0 Å². The normalized spacial score (nSPS) is 11.7. The van der Waals surface area contributed by atoms with E-state index in [0.29, 0.717) is 16.0 Å².